The standard InChI is InChI=1S/C14H19FN2O3S/c1-3-10-17(21(2,19)20)11-14(18)16-9-8-12-6-4-5-7-13(12)15/h3-7H,1,8-11H2,2H3,(H,16,18). The van der Waals surface area contributed by atoms with E-state index < -0.39 is 15.9 Å². The summed E-state index contributed by atoms with van der Waals surface area (Å²) in [5, 5.41) is 2.57. The van der Waals surface area contributed by atoms with Crippen LogP contribution in [0.5, 0.6) is 0 Å². The summed E-state index contributed by atoms with van der Waals surface area (Å²) in [4.78, 5) is 11.7. The zero-order valence-corrected chi connectivity index (χ0v) is 12.7. The number of nitrogens with one attached hydrogen (secondary N) is 1. The van der Waals surface area contributed by atoms with E-state index in [1.165, 1.54) is 12.1 Å². The molecule has 0 aliphatic rings. The average molecular weight is 314 g/mol. The Morgan fingerprint density at radius 1 is 1.43 bits per heavy atom. The van der Waals surface area contributed by atoms with E-state index >= 15 is 0 Å². The van der Waals surface area contributed by atoms with Crippen molar-refractivity contribution in [3.63, 3.8) is 0 Å². The summed E-state index contributed by atoms with van der Waals surface area (Å²) in [7, 11) is -3.46. The number of hydrogen-bond acceptors (Lipinski definition) is 3. The first-order chi connectivity index (χ1) is 9.84. The maximum absolute atomic E-state index is 13.4. The van der Waals surface area contributed by atoms with Crippen molar-refractivity contribution in [3.05, 3.63) is 48.3 Å². The lowest BCUT2D eigenvalue weighted by atomic mass is 10.1. The van der Waals surface area contributed by atoms with Gasteiger partial charge in [-0.1, -0.05) is 24.3 Å². The van der Waals surface area contributed by atoms with E-state index in [2.05, 4.69) is 11.9 Å². The van der Waals surface area contributed by atoms with Crippen molar-refractivity contribution in [1.82, 2.24) is 9.62 Å². The Kier molecular flexibility index (Phi) is 6.51. The minimum atomic E-state index is -3.46. The molecule has 116 valence electrons. The third-order valence-electron chi connectivity index (χ3n) is 2.80. The number of halogens is 1. The fourth-order valence-electron chi connectivity index (χ4n) is 1.71. The molecule has 0 atom stereocenters. The lowest BCUT2D eigenvalue weighted by Gasteiger charge is -2.17. The lowest BCUT2D eigenvalue weighted by molar-refractivity contribution is -0.121. The Morgan fingerprint density at radius 2 is 2.10 bits per heavy atom. The molecule has 0 aromatic heterocycles. The van der Waals surface area contributed by atoms with Crippen LogP contribution in [-0.2, 0) is 21.2 Å². The molecule has 0 saturated carbocycles. The molecular formula is C14H19FN2O3S. The zero-order valence-electron chi connectivity index (χ0n) is 11.9. The molecule has 0 heterocycles. The number of sulfonamides is 1. The van der Waals surface area contributed by atoms with Crippen LogP contribution in [-0.4, -0.2) is 44.5 Å². The van der Waals surface area contributed by atoms with Crippen molar-refractivity contribution in [2.75, 3.05) is 25.9 Å². The maximum Gasteiger partial charge on any atom is 0.235 e. The molecule has 1 amide bonds. The zero-order chi connectivity index (χ0) is 15.9. The van der Waals surface area contributed by atoms with E-state index in [4.69, 9.17) is 0 Å². The fourth-order valence-corrected chi connectivity index (χ4v) is 2.44. The quantitative estimate of drug-likeness (QED) is 0.726. The van der Waals surface area contributed by atoms with Crippen LogP contribution in [0.15, 0.2) is 36.9 Å². The van der Waals surface area contributed by atoms with E-state index in [1.54, 1.807) is 18.2 Å². The monoisotopic (exact) mass is 314 g/mol. The summed E-state index contributed by atoms with van der Waals surface area (Å²) in [5.41, 5.74) is 0.504. The Labute approximate surface area is 124 Å². The van der Waals surface area contributed by atoms with Gasteiger partial charge in [0.25, 0.3) is 0 Å². The molecule has 1 aromatic carbocycles. The van der Waals surface area contributed by atoms with Crippen molar-refractivity contribution in [2.45, 2.75) is 6.42 Å². The fraction of sp³-hybridized carbons (Fsp3) is 0.357. The highest BCUT2D eigenvalue weighted by molar-refractivity contribution is 7.88. The number of carbonyl (C=O) groups excluding carboxylic acids is 1. The molecule has 0 fully saturated rings. The number of amides is 1. The van der Waals surface area contributed by atoms with Crippen molar-refractivity contribution >= 4 is 15.9 Å². The normalized spacial score (nSPS) is 11.4. The summed E-state index contributed by atoms with van der Waals surface area (Å²) in [6, 6.07) is 6.31. The Bertz CT molecular complexity index is 602. The van der Waals surface area contributed by atoms with Gasteiger partial charge in [0.2, 0.25) is 15.9 Å². The first kappa shape index (κ1) is 17.3. The van der Waals surface area contributed by atoms with Gasteiger partial charge < -0.3 is 5.32 Å². The lowest BCUT2D eigenvalue weighted by Crippen LogP contribution is -2.40. The smallest absolute Gasteiger partial charge is 0.235 e. The predicted octanol–water partition coefficient (Wildman–Crippen LogP) is 0.932. The van der Waals surface area contributed by atoms with Crippen LogP contribution in [0.4, 0.5) is 4.39 Å². The van der Waals surface area contributed by atoms with Gasteiger partial charge in [-0.05, 0) is 18.1 Å². The highest BCUT2D eigenvalue weighted by atomic mass is 32.2. The second-order valence-corrected chi connectivity index (χ2v) is 6.52. The summed E-state index contributed by atoms with van der Waals surface area (Å²) < 4.78 is 37.3. The molecule has 0 unspecified atom stereocenters. The van der Waals surface area contributed by atoms with Crippen molar-refractivity contribution in [3.8, 4) is 0 Å². The van der Waals surface area contributed by atoms with Gasteiger partial charge in [-0.3, -0.25) is 4.79 Å². The molecular weight excluding hydrogens is 295 g/mol. The Balaban J connectivity index is 2.47. The average Bonchev–Trinajstić information content (AvgIpc) is 2.39. The highest BCUT2D eigenvalue weighted by Crippen LogP contribution is 2.06. The van der Waals surface area contributed by atoms with Crippen LogP contribution in [0, 0.1) is 5.82 Å². The molecule has 0 radical (unpaired) electrons. The predicted molar refractivity (Wildman–Crippen MR) is 79.7 cm³/mol. The molecule has 7 heteroatoms. The first-order valence-electron chi connectivity index (χ1n) is 6.40. The molecule has 1 rings (SSSR count). The van der Waals surface area contributed by atoms with Crippen molar-refractivity contribution in [1.29, 1.82) is 0 Å². The SMILES string of the molecule is C=CCN(CC(=O)NCCc1ccccc1F)S(C)(=O)=O. The summed E-state index contributed by atoms with van der Waals surface area (Å²) in [6.45, 7) is 3.49. The van der Waals surface area contributed by atoms with Crippen LogP contribution in [0.1, 0.15) is 5.56 Å². The molecule has 0 bridgehead atoms. The van der Waals surface area contributed by atoms with E-state index in [9.17, 15) is 17.6 Å². The van der Waals surface area contributed by atoms with Crippen LogP contribution in [0.25, 0.3) is 0 Å². The Morgan fingerprint density at radius 3 is 2.67 bits per heavy atom. The van der Waals surface area contributed by atoms with Gasteiger partial charge in [0.05, 0.1) is 12.8 Å². The van der Waals surface area contributed by atoms with Gasteiger partial charge >= 0.3 is 0 Å². The van der Waals surface area contributed by atoms with Gasteiger partial charge in [-0.15, -0.1) is 6.58 Å². The van der Waals surface area contributed by atoms with Crippen LogP contribution in [0.3, 0.4) is 0 Å². The number of hydrogen-bond donors (Lipinski definition) is 1. The van der Waals surface area contributed by atoms with Gasteiger partial charge in [0.15, 0.2) is 0 Å². The second-order valence-electron chi connectivity index (χ2n) is 4.54. The van der Waals surface area contributed by atoms with Gasteiger partial charge in [0.1, 0.15) is 5.82 Å². The van der Waals surface area contributed by atoms with Crippen LogP contribution in [0.2, 0.25) is 0 Å². The first-order valence-corrected chi connectivity index (χ1v) is 8.25. The molecule has 0 spiro atoms. The summed E-state index contributed by atoms with van der Waals surface area (Å²) in [5.74, 6) is -0.755. The Hall–Kier alpha value is -1.73. The van der Waals surface area contributed by atoms with Gasteiger partial charge in [-0.2, -0.15) is 4.31 Å². The van der Waals surface area contributed by atoms with Crippen molar-refractivity contribution < 1.29 is 17.6 Å². The number of rotatable bonds is 8. The molecule has 0 saturated heterocycles. The second kappa shape index (κ2) is 7.90. The van der Waals surface area contributed by atoms with Gasteiger partial charge in [-0.25, -0.2) is 12.8 Å². The number of carbonyl (C=O) groups is 1. The minimum Gasteiger partial charge on any atom is -0.355 e. The highest BCUT2D eigenvalue weighted by Gasteiger charge is 2.18. The van der Waals surface area contributed by atoms with Crippen LogP contribution < -0.4 is 5.32 Å². The molecule has 1 N–H and O–H groups in total. The molecule has 0 aliphatic carbocycles. The van der Waals surface area contributed by atoms with E-state index in [-0.39, 0.29) is 25.5 Å². The molecule has 1 aromatic rings. The largest absolute Gasteiger partial charge is 0.355 e. The van der Waals surface area contributed by atoms with E-state index in [1.807, 2.05) is 0 Å². The third kappa shape index (κ3) is 6.05. The summed E-state index contributed by atoms with van der Waals surface area (Å²) in [6.07, 6.45) is 2.79. The molecule has 21 heavy (non-hydrogen) atoms. The summed E-state index contributed by atoms with van der Waals surface area (Å²) >= 11 is 0. The van der Waals surface area contributed by atoms with Crippen LogP contribution >= 0.6 is 0 Å². The maximum atomic E-state index is 13.4. The number of nitrogens with zero attached hydrogens (tertiary/aromatic N) is 1. The van der Waals surface area contributed by atoms with Gasteiger partial charge in [0, 0.05) is 13.1 Å². The number of benzene rings is 1. The van der Waals surface area contributed by atoms with Crippen molar-refractivity contribution in [2.24, 2.45) is 0 Å². The van der Waals surface area contributed by atoms with E-state index in [0.29, 0.717) is 12.0 Å². The van der Waals surface area contributed by atoms with E-state index in [0.717, 1.165) is 10.6 Å². The minimum absolute atomic E-state index is 0.0690. The molecule has 0 aliphatic heterocycles. The molecule has 5 nitrogen and oxygen atoms in total. The topological polar surface area (TPSA) is 66.5 Å². The third-order valence-corrected chi connectivity index (χ3v) is 4.01.